The summed E-state index contributed by atoms with van der Waals surface area (Å²) in [6.45, 7) is 3.55. The SMILES string of the molecule is COC(=O)C(C)(C)C(NS(=O)c1ccc(OC)cc1)c1ccccc1. The number of benzene rings is 2. The molecule has 2 unspecified atom stereocenters. The fraction of sp³-hybridized carbons (Fsp3) is 0.316. The monoisotopic (exact) mass is 361 g/mol. The molecule has 2 rings (SSSR count). The van der Waals surface area contributed by atoms with E-state index in [4.69, 9.17) is 9.47 Å². The van der Waals surface area contributed by atoms with E-state index in [-0.39, 0.29) is 5.97 Å². The van der Waals surface area contributed by atoms with Crippen molar-refractivity contribution in [1.82, 2.24) is 4.72 Å². The van der Waals surface area contributed by atoms with Gasteiger partial charge in [-0.1, -0.05) is 30.3 Å². The van der Waals surface area contributed by atoms with Crippen LogP contribution in [0.1, 0.15) is 25.5 Å². The number of hydrogen-bond acceptors (Lipinski definition) is 4. The van der Waals surface area contributed by atoms with Crippen molar-refractivity contribution in [3.05, 3.63) is 60.2 Å². The number of hydrogen-bond donors (Lipinski definition) is 1. The topological polar surface area (TPSA) is 64.6 Å². The van der Waals surface area contributed by atoms with Gasteiger partial charge in [0.2, 0.25) is 0 Å². The van der Waals surface area contributed by atoms with Crippen molar-refractivity contribution < 1.29 is 18.5 Å². The third-order valence-corrected chi connectivity index (χ3v) is 5.21. The molecule has 0 heterocycles. The van der Waals surface area contributed by atoms with Crippen LogP contribution >= 0.6 is 0 Å². The summed E-state index contributed by atoms with van der Waals surface area (Å²) >= 11 is 0. The minimum absolute atomic E-state index is 0.374. The minimum atomic E-state index is -1.50. The first kappa shape index (κ1) is 19.1. The van der Waals surface area contributed by atoms with Crippen molar-refractivity contribution >= 4 is 17.0 Å². The second-order valence-electron chi connectivity index (χ2n) is 6.12. The molecule has 0 fully saturated rings. The zero-order chi connectivity index (χ0) is 18.4. The van der Waals surface area contributed by atoms with Gasteiger partial charge in [0.05, 0.1) is 30.6 Å². The molecule has 1 N–H and O–H groups in total. The van der Waals surface area contributed by atoms with Crippen molar-refractivity contribution in [2.45, 2.75) is 24.8 Å². The maximum atomic E-state index is 12.8. The third-order valence-electron chi connectivity index (χ3n) is 4.06. The van der Waals surface area contributed by atoms with E-state index >= 15 is 0 Å². The summed E-state index contributed by atoms with van der Waals surface area (Å²) < 4.78 is 25.9. The molecular weight excluding hydrogens is 338 g/mol. The molecule has 0 aromatic heterocycles. The molecule has 0 aliphatic rings. The second kappa shape index (κ2) is 8.27. The second-order valence-corrected chi connectivity index (χ2v) is 7.36. The Morgan fingerprint density at radius 1 is 1.04 bits per heavy atom. The van der Waals surface area contributed by atoms with Crippen LogP contribution in [0.25, 0.3) is 0 Å². The Kier molecular flexibility index (Phi) is 6.33. The average molecular weight is 361 g/mol. The van der Waals surface area contributed by atoms with Crippen LogP contribution in [0.15, 0.2) is 59.5 Å². The Bertz CT molecular complexity index is 729. The van der Waals surface area contributed by atoms with E-state index in [0.717, 1.165) is 5.56 Å². The molecule has 0 saturated heterocycles. The Balaban J connectivity index is 2.32. The molecule has 2 aromatic carbocycles. The van der Waals surface area contributed by atoms with E-state index in [9.17, 15) is 9.00 Å². The summed E-state index contributed by atoms with van der Waals surface area (Å²) in [5.74, 6) is 0.316. The standard InChI is InChI=1S/C19H23NO4S/c1-19(2,18(21)24-4)17(14-8-6-5-7-9-14)20-25(22)16-12-10-15(23-3)11-13-16/h5-13,17,20H,1-4H3. The molecule has 0 aliphatic carbocycles. The zero-order valence-electron chi connectivity index (χ0n) is 14.8. The van der Waals surface area contributed by atoms with Gasteiger partial charge in [0.25, 0.3) is 0 Å². The van der Waals surface area contributed by atoms with Crippen LogP contribution in [0.3, 0.4) is 0 Å². The summed E-state index contributed by atoms with van der Waals surface area (Å²) in [5, 5.41) is 0. The number of nitrogens with one attached hydrogen (secondary N) is 1. The minimum Gasteiger partial charge on any atom is -0.497 e. The van der Waals surface area contributed by atoms with Crippen LogP contribution in [0, 0.1) is 5.41 Å². The maximum Gasteiger partial charge on any atom is 0.313 e. The van der Waals surface area contributed by atoms with Crippen molar-refractivity contribution in [3.8, 4) is 5.75 Å². The van der Waals surface area contributed by atoms with Crippen LogP contribution in [0.5, 0.6) is 5.75 Å². The smallest absolute Gasteiger partial charge is 0.313 e. The normalized spacial score (nSPS) is 13.8. The highest BCUT2D eigenvalue weighted by Crippen LogP contribution is 2.35. The molecule has 0 saturated carbocycles. The van der Waals surface area contributed by atoms with Crippen LogP contribution in [-0.2, 0) is 20.5 Å². The fourth-order valence-corrected chi connectivity index (χ4v) is 3.70. The lowest BCUT2D eigenvalue weighted by atomic mass is 9.81. The molecule has 0 radical (unpaired) electrons. The van der Waals surface area contributed by atoms with Crippen LogP contribution < -0.4 is 9.46 Å². The van der Waals surface area contributed by atoms with Gasteiger partial charge in [-0.15, -0.1) is 0 Å². The van der Waals surface area contributed by atoms with Gasteiger partial charge in [0, 0.05) is 0 Å². The predicted octanol–water partition coefficient (Wildman–Crippen LogP) is 3.25. The quantitative estimate of drug-likeness (QED) is 0.769. The molecule has 0 amide bonds. The van der Waals surface area contributed by atoms with Gasteiger partial charge < -0.3 is 9.47 Å². The summed E-state index contributed by atoms with van der Waals surface area (Å²) in [7, 11) is 1.43. The van der Waals surface area contributed by atoms with Gasteiger partial charge >= 0.3 is 5.97 Å². The maximum absolute atomic E-state index is 12.8. The van der Waals surface area contributed by atoms with Crippen molar-refractivity contribution in [2.75, 3.05) is 14.2 Å². The molecule has 0 aliphatic heterocycles. The number of carbonyl (C=O) groups excluding carboxylic acids is 1. The third kappa shape index (κ3) is 4.46. The lowest BCUT2D eigenvalue weighted by molar-refractivity contribution is -0.152. The zero-order valence-corrected chi connectivity index (χ0v) is 15.6. The summed E-state index contributed by atoms with van der Waals surface area (Å²) in [6.07, 6.45) is 0. The van der Waals surface area contributed by atoms with Crippen molar-refractivity contribution in [3.63, 3.8) is 0 Å². The number of ether oxygens (including phenoxy) is 2. The Labute approximate surface area is 150 Å². The van der Waals surface area contributed by atoms with Crippen LogP contribution in [0.2, 0.25) is 0 Å². The van der Waals surface area contributed by atoms with E-state index in [1.165, 1.54) is 7.11 Å². The predicted molar refractivity (Wildman–Crippen MR) is 97.5 cm³/mol. The van der Waals surface area contributed by atoms with E-state index in [1.54, 1.807) is 45.2 Å². The van der Waals surface area contributed by atoms with Crippen LogP contribution in [0.4, 0.5) is 0 Å². The highest BCUT2D eigenvalue weighted by Gasteiger charge is 2.39. The number of carbonyl (C=O) groups is 1. The first-order chi connectivity index (χ1) is 11.9. The first-order valence-corrected chi connectivity index (χ1v) is 9.00. The molecule has 0 spiro atoms. The van der Waals surface area contributed by atoms with E-state index in [2.05, 4.69) is 4.72 Å². The van der Waals surface area contributed by atoms with E-state index in [0.29, 0.717) is 10.6 Å². The van der Waals surface area contributed by atoms with Gasteiger partial charge in [0.15, 0.2) is 0 Å². The summed E-state index contributed by atoms with van der Waals surface area (Å²) in [4.78, 5) is 12.9. The molecule has 2 atom stereocenters. The molecule has 6 heteroatoms. The molecule has 5 nitrogen and oxygen atoms in total. The van der Waals surface area contributed by atoms with Gasteiger partial charge in [0.1, 0.15) is 16.7 Å². The van der Waals surface area contributed by atoms with E-state index < -0.39 is 22.4 Å². The number of methoxy groups -OCH3 is 2. The highest BCUT2D eigenvalue weighted by molar-refractivity contribution is 7.83. The van der Waals surface area contributed by atoms with Gasteiger partial charge in [-0.3, -0.25) is 4.79 Å². The number of rotatable bonds is 7. The Morgan fingerprint density at radius 2 is 1.64 bits per heavy atom. The first-order valence-electron chi connectivity index (χ1n) is 7.85. The van der Waals surface area contributed by atoms with Gasteiger partial charge in [-0.25, -0.2) is 8.93 Å². The molecule has 134 valence electrons. The summed E-state index contributed by atoms with van der Waals surface area (Å²) in [5.41, 5.74) is -0.0436. The van der Waals surface area contributed by atoms with Crippen LogP contribution in [-0.4, -0.2) is 24.4 Å². The van der Waals surface area contributed by atoms with Gasteiger partial charge in [-0.2, -0.15) is 0 Å². The Hall–Kier alpha value is -2.18. The average Bonchev–Trinajstić information content (AvgIpc) is 2.65. The lowest BCUT2D eigenvalue weighted by Gasteiger charge is -2.32. The number of esters is 1. The van der Waals surface area contributed by atoms with E-state index in [1.807, 2.05) is 30.3 Å². The fourth-order valence-electron chi connectivity index (χ4n) is 2.53. The van der Waals surface area contributed by atoms with Crippen molar-refractivity contribution in [2.24, 2.45) is 5.41 Å². The largest absolute Gasteiger partial charge is 0.497 e. The molecule has 25 heavy (non-hydrogen) atoms. The Morgan fingerprint density at radius 3 is 2.16 bits per heavy atom. The van der Waals surface area contributed by atoms with Gasteiger partial charge in [-0.05, 0) is 43.7 Å². The molecular formula is C19H23NO4S. The molecule has 2 aromatic rings. The highest BCUT2D eigenvalue weighted by atomic mass is 32.2. The molecule has 0 bridgehead atoms. The lowest BCUT2D eigenvalue weighted by Crippen LogP contribution is -2.41. The summed E-state index contributed by atoms with van der Waals surface area (Å²) in [6, 6.07) is 15.9. The van der Waals surface area contributed by atoms with Crippen molar-refractivity contribution in [1.29, 1.82) is 0 Å².